The van der Waals surface area contributed by atoms with Crippen molar-refractivity contribution in [1.82, 2.24) is 0 Å². The van der Waals surface area contributed by atoms with Gasteiger partial charge in [0.05, 0.1) is 15.9 Å². The summed E-state index contributed by atoms with van der Waals surface area (Å²) in [6.07, 6.45) is 1.43. The first-order chi connectivity index (χ1) is 12.1. The van der Waals surface area contributed by atoms with Gasteiger partial charge in [-0.1, -0.05) is 24.3 Å². The van der Waals surface area contributed by atoms with Gasteiger partial charge in [-0.05, 0) is 36.1 Å². The Kier molecular flexibility index (Phi) is 4.39. The molecule has 2 aromatic rings. The first-order valence-corrected chi connectivity index (χ1v) is 9.03. The van der Waals surface area contributed by atoms with Crippen LogP contribution in [-0.2, 0) is 16.3 Å². The molecule has 0 saturated heterocycles. The zero-order valence-electron chi connectivity index (χ0n) is 13.2. The number of aryl methyl sites for hydroxylation is 1. The van der Waals surface area contributed by atoms with Crippen molar-refractivity contribution in [2.75, 3.05) is 5.32 Å². The van der Waals surface area contributed by atoms with Gasteiger partial charge >= 0.3 is 5.51 Å². The number of nitro benzene ring substituents is 1. The molecule has 0 spiro atoms. The van der Waals surface area contributed by atoms with E-state index in [9.17, 15) is 31.7 Å². The third-order valence-corrected chi connectivity index (χ3v) is 5.73. The van der Waals surface area contributed by atoms with E-state index in [2.05, 4.69) is 5.32 Å². The number of nitrogens with one attached hydrogen (secondary N) is 1. The lowest BCUT2D eigenvalue weighted by Crippen LogP contribution is -2.23. The molecule has 0 aliphatic heterocycles. The van der Waals surface area contributed by atoms with Crippen molar-refractivity contribution < 1.29 is 26.5 Å². The van der Waals surface area contributed by atoms with Gasteiger partial charge < -0.3 is 5.32 Å². The van der Waals surface area contributed by atoms with Crippen molar-refractivity contribution in [1.29, 1.82) is 0 Å². The Labute approximate surface area is 146 Å². The Bertz CT molecular complexity index is 974. The summed E-state index contributed by atoms with van der Waals surface area (Å²) in [7, 11) is -5.66. The maximum absolute atomic E-state index is 12.7. The molecule has 1 unspecified atom stereocenters. The van der Waals surface area contributed by atoms with Crippen molar-refractivity contribution >= 4 is 21.2 Å². The topological polar surface area (TPSA) is 89.3 Å². The first kappa shape index (κ1) is 18.2. The third kappa shape index (κ3) is 3.12. The normalized spacial score (nSPS) is 17.0. The number of sulfone groups is 1. The van der Waals surface area contributed by atoms with Gasteiger partial charge in [-0.2, -0.15) is 13.2 Å². The number of alkyl halides is 3. The highest BCUT2D eigenvalue weighted by molar-refractivity contribution is 7.92. The molecular formula is C16H13F3N2O4S. The number of hydrogen-bond acceptors (Lipinski definition) is 5. The van der Waals surface area contributed by atoms with E-state index in [4.69, 9.17) is 0 Å². The largest absolute Gasteiger partial charge is 0.501 e. The molecule has 6 nitrogen and oxygen atoms in total. The molecule has 1 aliphatic rings. The van der Waals surface area contributed by atoms with Crippen LogP contribution in [0, 0.1) is 10.1 Å². The Morgan fingerprint density at radius 3 is 2.50 bits per heavy atom. The minimum Gasteiger partial charge on any atom is -0.373 e. The fourth-order valence-electron chi connectivity index (χ4n) is 2.98. The molecule has 1 aliphatic carbocycles. The monoisotopic (exact) mass is 386 g/mol. The lowest BCUT2D eigenvalue weighted by atomic mass is 10.1. The Morgan fingerprint density at radius 1 is 1.15 bits per heavy atom. The molecule has 2 aromatic carbocycles. The predicted octanol–water partition coefficient (Wildman–Crippen LogP) is 3.99. The highest BCUT2D eigenvalue weighted by atomic mass is 32.2. The number of anilines is 1. The zero-order valence-corrected chi connectivity index (χ0v) is 14.0. The van der Waals surface area contributed by atoms with Crippen LogP contribution in [0.3, 0.4) is 0 Å². The van der Waals surface area contributed by atoms with Gasteiger partial charge in [-0.15, -0.1) is 0 Å². The van der Waals surface area contributed by atoms with E-state index in [-0.39, 0.29) is 11.7 Å². The zero-order chi connectivity index (χ0) is 19.1. The highest BCUT2D eigenvalue weighted by Crippen LogP contribution is 2.38. The van der Waals surface area contributed by atoms with Gasteiger partial charge in [-0.25, -0.2) is 8.42 Å². The van der Waals surface area contributed by atoms with E-state index >= 15 is 0 Å². The molecule has 10 heteroatoms. The summed E-state index contributed by atoms with van der Waals surface area (Å²) in [6, 6.07) is 9.42. The summed E-state index contributed by atoms with van der Waals surface area (Å²) in [6.45, 7) is 0. The molecule has 0 saturated carbocycles. The molecule has 0 fully saturated rings. The number of hydrogen-bond donors (Lipinski definition) is 1. The second-order valence-corrected chi connectivity index (χ2v) is 7.76. The van der Waals surface area contributed by atoms with Crippen LogP contribution in [0.2, 0.25) is 0 Å². The molecule has 0 radical (unpaired) electrons. The van der Waals surface area contributed by atoms with Crippen molar-refractivity contribution in [2.24, 2.45) is 0 Å². The summed E-state index contributed by atoms with van der Waals surface area (Å²) in [4.78, 5) is 9.20. The number of nitrogens with zero attached hydrogens (tertiary/aromatic N) is 1. The van der Waals surface area contributed by atoms with Crippen LogP contribution in [0.25, 0.3) is 0 Å². The fourth-order valence-corrected chi connectivity index (χ4v) is 3.76. The van der Waals surface area contributed by atoms with Crippen molar-refractivity contribution in [3.8, 4) is 0 Å². The molecule has 0 amide bonds. The van der Waals surface area contributed by atoms with Gasteiger partial charge in [0.25, 0.3) is 15.5 Å². The van der Waals surface area contributed by atoms with Gasteiger partial charge in [0.2, 0.25) is 0 Å². The maximum Gasteiger partial charge on any atom is 0.501 e. The van der Waals surface area contributed by atoms with Crippen LogP contribution in [0.1, 0.15) is 23.6 Å². The van der Waals surface area contributed by atoms with Gasteiger partial charge in [0, 0.05) is 6.07 Å². The number of rotatable bonds is 4. The number of nitro groups is 1. The summed E-state index contributed by atoms with van der Waals surface area (Å²) >= 11 is 0. The van der Waals surface area contributed by atoms with Crippen LogP contribution < -0.4 is 5.32 Å². The molecule has 0 heterocycles. The van der Waals surface area contributed by atoms with Crippen LogP contribution in [0.4, 0.5) is 24.5 Å². The lowest BCUT2D eigenvalue weighted by Gasteiger charge is -2.16. The molecule has 1 N–H and O–H groups in total. The van der Waals surface area contributed by atoms with Gasteiger partial charge in [0.1, 0.15) is 5.69 Å². The van der Waals surface area contributed by atoms with Gasteiger partial charge in [0.15, 0.2) is 0 Å². The van der Waals surface area contributed by atoms with E-state index in [1.54, 1.807) is 0 Å². The van der Waals surface area contributed by atoms with E-state index in [1.165, 1.54) is 0 Å². The van der Waals surface area contributed by atoms with Crippen molar-refractivity contribution in [2.45, 2.75) is 29.3 Å². The summed E-state index contributed by atoms with van der Waals surface area (Å²) < 4.78 is 61.0. The number of halogens is 3. The Morgan fingerprint density at radius 2 is 1.85 bits per heavy atom. The van der Waals surface area contributed by atoms with Crippen molar-refractivity contribution in [3.63, 3.8) is 0 Å². The van der Waals surface area contributed by atoms with Crippen LogP contribution in [0.5, 0.6) is 0 Å². The van der Waals surface area contributed by atoms with E-state index in [0.29, 0.717) is 12.5 Å². The van der Waals surface area contributed by atoms with E-state index in [1.807, 2.05) is 24.3 Å². The fraction of sp³-hybridized carbons (Fsp3) is 0.250. The second kappa shape index (κ2) is 6.27. The quantitative estimate of drug-likeness (QED) is 0.634. The standard InChI is InChI=1S/C16H13F3N2O4S/c17-16(18,19)26(24,25)11-6-8-14(15(9-11)21(22)23)20-13-7-5-10-3-1-2-4-12(10)13/h1-4,6,8-9,13,20H,5,7H2. The van der Waals surface area contributed by atoms with E-state index < -0.39 is 30.9 Å². The smallest absolute Gasteiger partial charge is 0.373 e. The molecule has 3 rings (SSSR count). The summed E-state index contributed by atoms with van der Waals surface area (Å²) in [5.41, 5.74) is -4.24. The van der Waals surface area contributed by atoms with Crippen LogP contribution in [0.15, 0.2) is 47.4 Å². The average Bonchev–Trinajstić information content (AvgIpc) is 2.97. The number of benzene rings is 2. The summed E-state index contributed by atoms with van der Waals surface area (Å²) in [5, 5.41) is 14.2. The number of fused-ring (bicyclic) bond motifs is 1. The first-order valence-electron chi connectivity index (χ1n) is 7.55. The maximum atomic E-state index is 12.7. The third-order valence-electron chi connectivity index (χ3n) is 4.24. The average molecular weight is 386 g/mol. The molecular weight excluding hydrogens is 373 g/mol. The minimum atomic E-state index is -5.66. The summed E-state index contributed by atoms with van der Waals surface area (Å²) in [5.74, 6) is 0. The molecule has 138 valence electrons. The Balaban J connectivity index is 1.98. The molecule has 0 aromatic heterocycles. The van der Waals surface area contributed by atoms with Crippen molar-refractivity contribution in [3.05, 3.63) is 63.7 Å². The molecule has 26 heavy (non-hydrogen) atoms. The second-order valence-electron chi connectivity index (χ2n) is 5.82. The molecule has 1 atom stereocenters. The van der Waals surface area contributed by atoms with Crippen LogP contribution in [-0.4, -0.2) is 18.8 Å². The highest BCUT2D eigenvalue weighted by Gasteiger charge is 2.47. The SMILES string of the molecule is O=[N+]([O-])c1cc(S(=O)(=O)C(F)(F)F)ccc1NC1CCc2ccccc21. The predicted molar refractivity (Wildman–Crippen MR) is 87.5 cm³/mol. The van der Waals surface area contributed by atoms with Gasteiger partial charge in [-0.3, -0.25) is 10.1 Å². The minimum absolute atomic E-state index is 0.0298. The lowest BCUT2D eigenvalue weighted by molar-refractivity contribution is -0.384. The molecule has 0 bridgehead atoms. The van der Waals surface area contributed by atoms with Crippen LogP contribution >= 0.6 is 0 Å². The Hall–Kier alpha value is -2.62. The van der Waals surface area contributed by atoms with E-state index in [0.717, 1.165) is 29.7 Å².